The summed E-state index contributed by atoms with van der Waals surface area (Å²) in [6.45, 7) is 5.66. The Balaban J connectivity index is 2.88. The van der Waals surface area contributed by atoms with Gasteiger partial charge in [0.2, 0.25) is 0 Å². The van der Waals surface area contributed by atoms with Crippen molar-refractivity contribution in [2.24, 2.45) is 0 Å². The van der Waals surface area contributed by atoms with Crippen LogP contribution in [-0.2, 0) is 4.74 Å². The Bertz CT molecular complexity index is 412. The van der Waals surface area contributed by atoms with Crippen LogP contribution in [0, 0.1) is 12.3 Å². The molecule has 0 bridgehead atoms. The molecular weight excluding hydrogens is 214 g/mol. The van der Waals surface area contributed by atoms with Crippen LogP contribution in [0.15, 0.2) is 30.3 Å². The molecule has 17 heavy (non-hydrogen) atoms. The van der Waals surface area contributed by atoms with E-state index >= 15 is 0 Å². The van der Waals surface area contributed by atoms with Crippen LogP contribution in [0.5, 0.6) is 0 Å². The normalized spacial score (nSPS) is 10.5. The molecule has 0 heterocycles. The zero-order chi connectivity index (χ0) is 12.9. The van der Waals surface area contributed by atoms with Gasteiger partial charge in [-0.05, 0) is 32.9 Å². The third-order valence-corrected chi connectivity index (χ3v) is 1.93. The lowest BCUT2D eigenvalue weighted by atomic mass is 10.2. The molecule has 0 unspecified atom stereocenters. The molecule has 3 nitrogen and oxygen atoms in total. The summed E-state index contributed by atoms with van der Waals surface area (Å²) in [5.41, 5.74) is 0.207. The molecule has 1 amide bonds. The quantitative estimate of drug-likeness (QED) is 0.732. The van der Waals surface area contributed by atoms with Gasteiger partial charge in [0, 0.05) is 5.69 Å². The van der Waals surface area contributed by atoms with Crippen molar-refractivity contribution in [1.82, 2.24) is 0 Å². The van der Waals surface area contributed by atoms with E-state index in [0.29, 0.717) is 0 Å². The molecule has 0 aromatic heterocycles. The highest BCUT2D eigenvalue weighted by molar-refractivity contribution is 5.88. The molecule has 0 aliphatic rings. The molecule has 0 spiro atoms. The second kappa shape index (κ2) is 5.40. The van der Waals surface area contributed by atoms with Gasteiger partial charge in [-0.2, -0.15) is 0 Å². The van der Waals surface area contributed by atoms with Crippen LogP contribution >= 0.6 is 0 Å². The van der Waals surface area contributed by atoms with Gasteiger partial charge >= 0.3 is 6.09 Å². The molecule has 90 valence electrons. The lowest BCUT2D eigenvalue weighted by molar-refractivity contribution is 0.0585. The Labute approximate surface area is 102 Å². The summed E-state index contributed by atoms with van der Waals surface area (Å²) in [6.07, 6.45) is 4.84. The fourth-order valence-corrected chi connectivity index (χ4v) is 1.28. The van der Waals surface area contributed by atoms with Crippen LogP contribution in [0.2, 0.25) is 0 Å². The molecular formula is C14H17NO2. The standard InChI is InChI=1S/C14H17NO2/c1-5-11-15(12-9-7-6-8-10-12)13(16)17-14(2,3)4/h1,6-10H,11H2,2-4H3. The monoisotopic (exact) mass is 231 g/mol. The van der Waals surface area contributed by atoms with Crippen LogP contribution in [0.3, 0.4) is 0 Å². The number of carbonyl (C=O) groups is 1. The van der Waals surface area contributed by atoms with Gasteiger partial charge in [0.05, 0.1) is 6.54 Å². The molecule has 1 aromatic carbocycles. The summed E-state index contributed by atoms with van der Waals surface area (Å²) in [5.74, 6) is 2.46. The van der Waals surface area contributed by atoms with E-state index in [-0.39, 0.29) is 6.54 Å². The number of terminal acetylenes is 1. The third kappa shape index (κ3) is 4.20. The minimum absolute atomic E-state index is 0.193. The first-order chi connectivity index (χ1) is 7.94. The van der Waals surface area contributed by atoms with Gasteiger partial charge < -0.3 is 4.74 Å². The molecule has 0 N–H and O–H groups in total. The van der Waals surface area contributed by atoms with Crippen molar-refractivity contribution in [2.45, 2.75) is 26.4 Å². The van der Waals surface area contributed by atoms with Gasteiger partial charge in [0.1, 0.15) is 5.60 Å². The molecule has 0 saturated carbocycles. The average Bonchev–Trinajstić information content (AvgIpc) is 2.24. The van der Waals surface area contributed by atoms with Crippen molar-refractivity contribution in [3.8, 4) is 12.3 Å². The number of nitrogens with zero attached hydrogens (tertiary/aromatic N) is 1. The highest BCUT2D eigenvalue weighted by atomic mass is 16.6. The van der Waals surface area contributed by atoms with E-state index in [1.165, 1.54) is 4.90 Å². The van der Waals surface area contributed by atoms with Crippen molar-refractivity contribution in [1.29, 1.82) is 0 Å². The Morgan fingerprint density at radius 1 is 1.35 bits per heavy atom. The molecule has 0 atom stereocenters. The number of carbonyl (C=O) groups excluding carboxylic acids is 1. The summed E-state index contributed by atoms with van der Waals surface area (Å²) in [7, 11) is 0. The predicted octanol–water partition coefficient (Wildman–Crippen LogP) is 3.06. The van der Waals surface area contributed by atoms with Crippen LogP contribution < -0.4 is 4.90 Å². The van der Waals surface area contributed by atoms with Crippen LogP contribution in [0.4, 0.5) is 10.5 Å². The largest absolute Gasteiger partial charge is 0.443 e. The first-order valence-electron chi connectivity index (χ1n) is 5.43. The maximum absolute atomic E-state index is 12.0. The Morgan fingerprint density at radius 2 is 1.94 bits per heavy atom. The fraction of sp³-hybridized carbons (Fsp3) is 0.357. The summed E-state index contributed by atoms with van der Waals surface area (Å²) >= 11 is 0. The molecule has 0 radical (unpaired) electrons. The van der Waals surface area contributed by atoms with Crippen molar-refractivity contribution in [3.63, 3.8) is 0 Å². The van der Waals surface area contributed by atoms with Gasteiger partial charge in [-0.25, -0.2) is 4.79 Å². The molecule has 0 aliphatic heterocycles. The molecule has 0 aliphatic carbocycles. The van der Waals surface area contributed by atoms with Gasteiger partial charge in [-0.15, -0.1) is 6.42 Å². The van der Waals surface area contributed by atoms with E-state index in [1.807, 2.05) is 51.1 Å². The predicted molar refractivity (Wildman–Crippen MR) is 68.9 cm³/mol. The smallest absolute Gasteiger partial charge is 0.415 e. The molecule has 3 heteroatoms. The summed E-state index contributed by atoms with van der Waals surface area (Å²) in [6, 6.07) is 9.22. The molecule has 1 aromatic rings. The maximum atomic E-state index is 12.0. The number of anilines is 1. The van der Waals surface area contributed by atoms with Gasteiger partial charge in [-0.3, -0.25) is 4.90 Å². The van der Waals surface area contributed by atoms with Crippen LogP contribution in [0.25, 0.3) is 0 Å². The number of para-hydroxylation sites is 1. The van der Waals surface area contributed by atoms with E-state index in [9.17, 15) is 4.79 Å². The number of hydrogen-bond donors (Lipinski definition) is 0. The Hall–Kier alpha value is -1.95. The third-order valence-electron chi connectivity index (χ3n) is 1.93. The van der Waals surface area contributed by atoms with E-state index in [1.54, 1.807) is 0 Å². The number of rotatable bonds is 2. The SMILES string of the molecule is C#CCN(C(=O)OC(C)(C)C)c1ccccc1. The molecule has 0 saturated heterocycles. The fourth-order valence-electron chi connectivity index (χ4n) is 1.28. The lowest BCUT2D eigenvalue weighted by Gasteiger charge is -2.26. The number of amides is 1. The first kappa shape index (κ1) is 13.1. The summed E-state index contributed by atoms with van der Waals surface area (Å²) in [5, 5.41) is 0. The minimum Gasteiger partial charge on any atom is -0.443 e. The van der Waals surface area contributed by atoms with E-state index in [4.69, 9.17) is 11.2 Å². The number of ether oxygens (including phenoxy) is 1. The average molecular weight is 231 g/mol. The van der Waals surface area contributed by atoms with E-state index in [2.05, 4.69) is 5.92 Å². The number of benzene rings is 1. The number of hydrogen-bond acceptors (Lipinski definition) is 2. The minimum atomic E-state index is -0.529. The van der Waals surface area contributed by atoms with Crippen molar-refractivity contribution in [3.05, 3.63) is 30.3 Å². The Kier molecular flexibility index (Phi) is 4.17. The topological polar surface area (TPSA) is 29.5 Å². The Morgan fingerprint density at radius 3 is 2.41 bits per heavy atom. The summed E-state index contributed by atoms with van der Waals surface area (Å²) in [4.78, 5) is 13.4. The summed E-state index contributed by atoms with van der Waals surface area (Å²) < 4.78 is 5.30. The lowest BCUT2D eigenvalue weighted by Crippen LogP contribution is -2.37. The first-order valence-corrected chi connectivity index (χ1v) is 5.43. The van der Waals surface area contributed by atoms with E-state index < -0.39 is 11.7 Å². The zero-order valence-electron chi connectivity index (χ0n) is 10.4. The van der Waals surface area contributed by atoms with Gasteiger partial charge in [0.25, 0.3) is 0 Å². The van der Waals surface area contributed by atoms with Gasteiger partial charge in [-0.1, -0.05) is 24.1 Å². The van der Waals surface area contributed by atoms with E-state index in [0.717, 1.165) is 5.69 Å². The zero-order valence-corrected chi connectivity index (χ0v) is 10.4. The van der Waals surface area contributed by atoms with Crippen LogP contribution in [0.1, 0.15) is 20.8 Å². The highest BCUT2D eigenvalue weighted by Crippen LogP contribution is 2.17. The maximum Gasteiger partial charge on any atom is 0.415 e. The molecule has 1 rings (SSSR count). The van der Waals surface area contributed by atoms with Crippen LogP contribution in [-0.4, -0.2) is 18.2 Å². The highest BCUT2D eigenvalue weighted by Gasteiger charge is 2.22. The van der Waals surface area contributed by atoms with Crippen molar-refractivity contribution < 1.29 is 9.53 Å². The molecule has 0 fully saturated rings. The second-order valence-electron chi connectivity index (χ2n) is 4.61. The van der Waals surface area contributed by atoms with Crippen molar-refractivity contribution >= 4 is 11.8 Å². The second-order valence-corrected chi connectivity index (χ2v) is 4.61. The van der Waals surface area contributed by atoms with Crippen molar-refractivity contribution in [2.75, 3.05) is 11.4 Å². The van der Waals surface area contributed by atoms with Gasteiger partial charge in [0.15, 0.2) is 0 Å².